The summed E-state index contributed by atoms with van der Waals surface area (Å²) >= 11 is 1.33. The summed E-state index contributed by atoms with van der Waals surface area (Å²) < 4.78 is 26.1. The minimum atomic E-state index is -0.480. The summed E-state index contributed by atoms with van der Waals surface area (Å²) in [6.07, 6.45) is 2.01. The number of carbonyl (C=O) groups excluding carboxylic acids is 1. The number of nitrogens with one attached hydrogen (secondary N) is 1. The van der Waals surface area contributed by atoms with E-state index in [0.29, 0.717) is 0 Å². The second kappa shape index (κ2) is 6.48. The zero-order valence-electron chi connectivity index (χ0n) is 11.8. The highest BCUT2D eigenvalue weighted by Crippen LogP contribution is 2.36. The van der Waals surface area contributed by atoms with Gasteiger partial charge in [-0.25, -0.2) is 8.78 Å². The van der Waals surface area contributed by atoms with Gasteiger partial charge in [0, 0.05) is 10.9 Å². The van der Waals surface area contributed by atoms with Gasteiger partial charge in [-0.05, 0) is 54.8 Å². The number of halogens is 2. The zero-order chi connectivity index (χ0) is 15.5. The Kier molecular flexibility index (Phi) is 4.43. The Balaban J connectivity index is 1.82. The molecule has 0 bridgehead atoms. The molecular weight excluding hydrogens is 304 g/mol. The molecule has 1 aliphatic rings. The van der Waals surface area contributed by atoms with E-state index >= 15 is 0 Å². The van der Waals surface area contributed by atoms with Crippen LogP contribution in [0.4, 0.5) is 8.78 Å². The molecular formula is C17H15F2NOS. The third-order valence-electron chi connectivity index (χ3n) is 3.40. The molecule has 1 amide bonds. The number of thioether (sulfide) groups is 1. The maximum atomic E-state index is 13.1. The average molecular weight is 319 g/mol. The molecule has 114 valence electrons. The molecule has 5 heteroatoms. The SMILES string of the molecule is O=C(NC1CC1)C(Sc1ccc(F)cc1)c1ccc(F)cc1. The largest absolute Gasteiger partial charge is 0.352 e. The minimum absolute atomic E-state index is 0.0940. The predicted molar refractivity (Wildman–Crippen MR) is 82.6 cm³/mol. The number of benzene rings is 2. The summed E-state index contributed by atoms with van der Waals surface area (Å²) in [5, 5.41) is 2.49. The summed E-state index contributed by atoms with van der Waals surface area (Å²) in [6, 6.07) is 12.2. The Morgan fingerprint density at radius 1 is 1.00 bits per heavy atom. The Bertz CT molecular complexity index is 653. The maximum Gasteiger partial charge on any atom is 0.238 e. The van der Waals surface area contributed by atoms with Crippen molar-refractivity contribution in [2.24, 2.45) is 0 Å². The van der Waals surface area contributed by atoms with Gasteiger partial charge in [-0.3, -0.25) is 4.79 Å². The summed E-state index contributed by atoms with van der Waals surface area (Å²) in [7, 11) is 0. The first kappa shape index (κ1) is 15.0. The smallest absolute Gasteiger partial charge is 0.238 e. The maximum absolute atomic E-state index is 13.1. The second-order valence-electron chi connectivity index (χ2n) is 5.29. The molecule has 3 rings (SSSR count). The normalized spacial score (nSPS) is 15.4. The first-order valence-electron chi connectivity index (χ1n) is 7.10. The fraction of sp³-hybridized carbons (Fsp3) is 0.235. The lowest BCUT2D eigenvalue weighted by atomic mass is 10.1. The summed E-state index contributed by atoms with van der Waals surface area (Å²) in [6.45, 7) is 0. The number of carbonyl (C=O) groups is 1. The second-order valence-corrected chi connectivity index (χ2v) is 6.46. The van der Waals surface area contributed by atoms with E-state index < -0.39 is 5.25 Å². The van der Waals surface area contributed by atoms with Crippen molar-refractivity contribution in [1.29, 1.82) is 0 Å². The van der Waals surface area contributed by atoms with Crippen molar-refractivity contribution in [3.63, 3.8) is 0 Å². The lowest BCUT2D eigenvalue weighted by Crippen LogP contribution is -2.29. The number of amides is 1. The lowest BCUT2D eigenvalue weighted by Gasteiger charge is -2.17. The van der Waals surface area contributed by atoms with Crippen LogP contribution in [0.15, 0.2) is 53.4 Å². The van der Waals surface area contributed by atoms with E-state index in [4.69, 9.17) is 0 Å². The third-order valence-corrected chi connectivity index (χ3v) is 4.67. The van der Waals surface area contributed by atoms with E-state index in [1.165, 1.54) is 36.0 Å². The molecule has 1 saturated carbocycles. The number of hydrogen-bond acceptors (Lipinski definition) is 2. The molecule has 2 aromatic carbocycles. The minimum Gasteiger partial charge on any atom is -0.352 e. The number of rotatable bonds is 5. The topological polar surface area (TPSA) is 29.1 Å². The lowest BCUT2D eigenvalue weighted by molar-refractivity contribution is -0.120. The van der Waals surface area contributed by atoms with Crippen molar-refractivity contribution in [3.05, 3.63) is 65.7 Å². The monoisotopic (exact) mass is 319 g/mol. The third kappa shape index (κ3) is 3.85. The molecule has 0 radical (unpaired) electrons. The van der Waals surface area contributed by atoms with Gasteiger partial charge in [0.2, 0.25) is 5.91 Å². The van der Waals surface area contributed by atoms with Crippen molar-refractivity contribution < 1.29 is 13.6 Å². The molecule has 22 heavy (non-hydrogen) atoms. The average Bonchev–Trinajstić information content (AvgIpc) is 3.31. The molecule has 0 heterocycles. The summed E-state index contributed by atoms with van der Waals surface area (Å²) in [5.74, 6) is -0.745. The molecule has 0 spiro atoms. The fourth-order valence-electron chi connectivity index (χ4n) is 2.06. The zero-order valence-corrected chi connectivity index (χ0v) is 12.6. The van der Waals surface area contributed by atoms with Gasteiger partial charge in [-0.15, -0.1) is 11.8 Å². The molecule has 1 N–H and O–H groups in total. The fourth-order valence-corrected chi connectivity index (χ4v) is 3.10. The van der Waals surface area contributed by atoms with Gasteiger partial charge in [-0.1, -0.05) is 12.1 Å². The highest BCUT2D eigenvalue weighted by molar-refractivity contribution is 8.00. The predicted octanol–water partition coefficient (Wildman–Crippen LogP) is 4.08. The van der Waals surface area contributed by atoms with E-state index in [1.54, 1.807) is 24.3 Å². The van der Waals surface area contributed by atoms with Crippen molar-refractivity contribution in [2.45, 2.75) is 29.0 Å². The van der Waals surface area contributed by atoms with Gasteiger partial charge in [0.05, 0.1) is 0 Å². The molecule has 1 aliphatic carbocycles. The van der Waals surface area contributed by atoms with Crippen LogP contribution in [0.25, 0.3) is 0 Å². The van der Waals surface area contributed by atoms with Crippen LogP contribution in [0.1, 0.15) is 23.7 Å². The van der Waals surface area contributed by atoms with Crippen LogP contribution >= 0.6 is 11.8 Å². The first-order chi connectivity index (χ1) is 10.6. The molecule has 2 aromatic rings. The van der Waals surface area contributed by atoms with Crippen LogP contribution in [-0.2, 0) is 4.79 Å². The Hall–Kier alpha value is -1.88. The molecule has 0 aliphatic heterocycles. The molecule has 1 atom stereocenters. The van der Waals surface area contributed by atoms with E-state index in [2.05, 4.69) is 5.32 Å². The standard InChI is InChI=1S/C17H15F2NOS/c18-12-3-1-11(2-4-12)16(17(21)20-14-7-8-14)22-15-9-5-13(19)6-10-15/h1-6,9-10,14,16H,7-8H2,(H,20,21). The van der Waals surface area contributed by atoms with Crippen LogP contribution in [0.2, 0.25) is 0 Å². The van der Waals surface area contributed by atoms with Gasteiger partial charge in [0.25, 0.3) is 0 Å². The van der Waals surface area contributed by atoms with Crippen LogP contribution in [0.3, 0.4) is 0 Å². The van der Waals surface area contributed by atoms with Crippen LogP contribution in [-0.4, -0.2) is 11.9 Å². The van der Waals surface area contributed by atoms with Crippen LogP contribution in [0.5, 0.6) is 0 Å². The van der Waals surface area contributed by atoms with E-state index in [0.717, 1.165) is 23.3 Å². The summed E-state index contributed by atoms with van der Waals surface area (Å²) in [4.78, 5) is 13.2. The molecule has 1 fully saturated rings. The Labute approximate surface area is 131 Å². The number of hydrogen-bond donors (Lipinski definition) is 1. The molecule has 0 aromatic heterocycles. The Morgan fingerprint density at radius 2 is 1.55 bits per heavy atom. The van der Waals surface area contributed by atoms with Crippen molar-refractivity contribution in [2.75, 3.05) is 0 Å². The Morgan fingerprint density at radius 3 is 2.09 bits per heavy atom. The van der Waals surface area contributed by atoms with Crippen molar-refractivity contribution >= 4 is 17.7 Å². The van der Waals surface area contributed by atoms with Crippen molar-refractivity contribution in [3.8, 4) is 0 Å². The highest BCUT2D eigenvalue weighted by Gasteiger charge is 2.29. The first-order valence-corrected chi connectivity index (χ1v) is 7.98. The summed E-state index contributed by atoms with van der Waals surface area (Å²) in [5.41, 5.74) is 0.730. The van der Waals surface area contributed by atoms with Gasteiger partial charge in [0.1, 0.15) is 16.9 Å². The van der Waals surface area contributed by atoms with Gasteiger partial charge in [0.15, 0.2) is 0 Å². The van der Waals surface area contributed by atoms with Crippen molar-refractivity contribution in [1.82, 2.24) is 5.32 Å². The van der Waals surface area contributed by atoms with Crippen LogP contribution < -0.4 is 5.32 Å². The molecule has 2 nitrogen and oxygen atoms in total. The van der Waals surface area contributed by atoms with Crippen LogP contribution in [0, 0.1) is 11.6 Å². The molecule has 0 saturated heterocycles. The van der Waals surface area contributed by atoms with E-state index in [1.807, 2.05) is 0 Å². The van der Waals surface area contributed by atoms with Gasteiger partial charge >= 0.3 is 0 Å². The molecule has 1 unspecified atom stereocenters. The van der Waals surface area contributed by atoms with E-state index in [-0.39, 0.29) is 23.6 Å². The highest BCUT2D eigenvalue weighted by atomic mass is 32.2. The van der Waals surface area contributed by atoms with Gasteiger partial charge < -0.3 is 5.32 Å². The quantitative estimate of drug-likeness (QED) is 0.842. The van der Waals surface area contributed by atoms with Gasteiger partial charge in [-0.2, -0.15) is 0 Å². The van der Waals surface area contributed by atoms with E-state index in [9.17, 15) is 13.6 Å².